The van der Waals surface area contributed by atoms with Gasteiger partial charge in [0, 0.05) is 5.69 Å². The molecule has 1 atom stereocenters. The van der Waals surface area contributed by atoms with E-state index >= 15 is 0 Å². The van der Waals surface area contributed by atoms with Gasteiger partial charge in [-0.2, -0.15) is 0 Å². The van der Waals surface area contributed by atoms with Crippen molar-refractivity contribution in [3.8, 4) is 0 Å². The van der Waals surface area contributed by atoms with E-state index in [0.29, 0.717) is 11.4 Å². The summed E-state index contributed by atoms with van der Waals surface area (Å²) in [4.78, 5) is 36.0. The van der Waals surface area contributed by atoms with Gasteiger partial charge in [-0.05, 0) is 25.1 Å². The highest BCUT2D eigenvalue weighted by Gasteiger charge is 2.32. The smallest absolute Gasteiger partial charge is 0.250 e. The Kier molecular flexibility index (Phi) is 3.12. The highest BCUT2D eigenvalue weighted by atomic mass is 16.2. The van der Waals surface area contributed by atoms with E-state index in [4.69, 9.17) is 11.5 Å². The van der Waals surface area contributed by atoms with Crippen LogP contribution < -0.4 is 21.7 Å². The normalized spacial score (nSPS) is 19.2. The largest absolute Gasteiger partial charge is 0.399 e. The number of primary amides is 1. The number of nitrogens with two attached hydrogens (primary N) is 2. The number of anilines is 2. The van der Waals surface area contributed by atoms with Gasteiger partial charge in [0.2, 0.25) is 11.8 Å². The molecule has 19 heavy (non-hydrogen) atoms. The number of nitrogens with one attached hydrogen (secondary N) is 1. The van der Waals surface area contributed by atoms with Crippen molar-refractivity contribution >= 4 is 29.1 Å². The van der Waals surface area contributed by atoms with Gasteiger partial charge >= 0.3 is 0 Å². The Labute approximate surface area is 109 Å². The average Bonchev–Trinajstić information content (AvgIpc) is 2.33. The number of nitrogen functional groups attached to an aromatic ring is 1. The lowest BCUT2D eigenvalue weighted by Gasteiger charge is -2.34. The fourth-order valence-corrected chi connectivity index (χ4v) is 2.00. The Hall–Kier alpha value is -2.57. The summed E-state index contributed by atoms with van der Waals surface area (Å²) in [6, 6.07) is 3.97. The summed E-state index contributed by atoms with van der Waals surface area (Å²) >= 11 is 0. The summed E-state index contributed by atoms with van der Waals surface area (Å²) < 4.78 is 0. The van der Waals surface area contributed by atoms with Crippen molar-refractivity contribution in [2.24, 2.45) is 5.73 Å². The van der Waals surface area contributed by atoms with Crippen molar-refractivity contribution in [1.29, 1.82) is 0 Å². The molecule has 0 spiro atoms. The minimum absolute atomic E-state index is 0.0311. The zero-order valence-corrected chi connectivity index (χ0v) is 10.3. The van der Waals surface area contributed by atoms with E-state index in [2.05, 4.69) is 5.32 Å². The second kappa shape index (κ2) is 4.60. The van der Waals surface area contributed by atoms with Crippen LogP contribution in [0, 0.1) is 0 Å². The summed E-state index contributed by atoms with van der Waals surface area (Å²) in [5, 5.41) is 2.23. The van der Waals surface area contributed by atoms with Crippen molar-refractivity contribution in [3.63, 3.8) is 0 Å². The Morgan fingerprint density at radius 1 is 1.42 bits per heavy atom. The van der Waals surface area contributed by atoms with Crippen LogP contribution in [-0.2, 0) is 9.59 Å². The van der Waals surface area contributed by atoms with Gasteiger partial charge < -0.3 is 16.4 Å². The molecule has 1 aromatic rings. The molecule has 1 aliphatic heterocycles. The highest BCUT2D eigenvalue weighted by molar-refractivity contribution is 6.07. The third-order valence-corrected chi connectivity index (χ3v) is 3.02. The van der Waals surface area contributed by atoms with Crippen molar-refractivity contribution in [2.75, 3.05) is 17.2 Å². The molecule has 2 rings (SSSR count). The Morgan fingerprint density at radius 3 is 2.74 bits per heavy atom. The second-order valence-electron chi connectivity index (χ2n) is 4.36. The molecule has 7 heteroatoms. The van der Waals surface area contributed by atoms with Crippen molar-refractivity contribution in [3.05, 3.63) is 23.8 Å². The maximum atomic E-state index is 11.6. The van der Waals surface area contributed by atoms with Crippen LogP contribution in [0.25, 0.3) is 0 Å². The van der Waals surface area contributed by atoms with Crippen molar-refractivity contribution < 1.29 is 14.4 Å². The quantitative estimate of drug-likeness (QED) is 0.477. The van der Waals surface area contributed by atoms with E-state index in [1.54, 1.807) is 13.0 Å². The first-order valence-corrected chi connectivity index (χ1v) is 5.70. The number of hydrogen-bond acceptors (Lipinski definition) is 5. The fourth-order valence-electron chi connectivity index (χ4n) is 2.00. The van der Waals surface area contributed by atoms with Crippen LogP contribution >= 0.6 is 0 Å². The number of carbonyl (C=O) groups excluding carboxylic acids is 3. The maximum Gasteiger partial charge on any atom is 0.250 e. The van der Waals surface area contributed by atoms with Crippen LogP contribution in [0.4, 0.5) is 11.4 Å². The molecule has 1 aromatic carbocycles. The van der Waals surface area contributed by atoms with Crippen molar-refractivity contribution in [1.82, 2.24) is 5.32 Å². The number of nitrogens with zero attached hydrogens (tertiary/aromatic N) is 1. The van der Waals surface area contributed by atoms with Gasteiger partial charge in [-0.25, -0.2) is 0 Å². The summed E-state index contributed by atoms with van der Waals surface area (Å²) in [6.07, 6.45) is 0. The Morgan fingerprint density at radius 2 is 2.11 bits per heavy atom. The first-order valence-electron chi connectivity index (χ1n) is 5.70. The third-order valence-electron chi connectivity index (χ3n) is 3.02. The van der Waals surface area contributed by atoms with Gasteiger partial charge in [-0.15, -0.1) is 0 Å². The standard InChI is InChI=1S/C12H14N4O3/c1-6-12(19)15-10(17)5-16(6)9-4-7(13)2-3-8(9)11(14)18/h2-4,6H,5,13H2,1H3,(H2,14,18)(H,15,17,19). The Balaban J connectivity index is 2.50. The molecule has 0 aliphatic carbocycles. The van der Waals surface area contributed by atoms with Crippen molar-refractivity contribution in [2.45, 2.75) is 13.0 Å². The summed E-state index contributed by atoms with van der Waals surface area (Å²) in [5.41, 5.74) is 12.0. The number of hydrogen-bond donors (Lipinski definition) is 3. The molecule has 1 fully saturated rings. The van der Waals surface area contributed by atoms with Gasteiger partial charge in [-0.1, -0.05) is 0 Å². The molecule has 1 aliphatic rings. The van der Waals surface area contributed by atoms with E-state index < -0.39 is 23.8 Å². The van der Waals surface area contributed by atoms with Crippen LogP contribution in [0.5, 0.6) is 0 Å². The van der Waals surface area contributed by atoms with E-state index in [1.165, 1.54) is 17.0 Å². The molecule has 1 saturated heterocycles. The molecule has 1 heterocycles. The van der Waals surface area contributed by atoms with Gasteiger partial charge in [0.05, 0.1) is 17.8 Å². The fraction of sp³-hybridized carbons (Fsp3) is 0.250. The molecule has 100 valence electrons. The van der Waals surface area contributed by atoms with Crippen LogP contribution in [0.2, 0.25) is 0 Å². The summed E-state index contributed by atoms with van der Waals surface area (Å²) in [7, 11) is 0. The molecular weight excluding hydrogens is 248 g/mol. The zero-order chi connectivity index (χ0) is 14.2. The zero-order valence-electron chi connectivity index (χ0n) is 10.3. The number of imide groups is 1. The average molecular weight is 262 g/mol. The molecular formula is C12H14N4O3. The lowest BCUT2D eigenvalue weighted by atomic mass is 10.1. The van der Waals surface area contributed by atoms with E-state index in [-0.39, 0.29) is 12.1 Å². The SMILES string of the molecule is CC1C(=O)NC(=O)CN1c1cc(N)ccc1C(N)=O. The highest BCUT2D eigenvalue weighted by Crippen LogP contribution is 2.26. The number of amides is 3. The molecule has 0 bridgehead atoms. The molecule has 5 N–H and O–H groups in total. The second-order valence-corrected chi connectivity index (χ2v) is 4.36. The maximum absolute atomic E-state index is 11.6. The van der Waals surface area contributed by atoms with Gasteiger partial charge in [0.15, 0.2) is 0 Å². The van der Waals surface area contributed by atoms with Crippen LogP contribution in [-0.4, -0.2) is 30.3 Å². The first kappa shape index (κ1) is 12.9. The molecule has 7 nitrogen and oxygen atoms in total. The van der Waals surface area contributed by atoms with E-state index in [9.17, 15) is 14.4 Å². The Bertz CT molecular complexity index is 570. The minimum Gasteiger partial charge on any atom is -0.399 e. The van der Waals surface area contributed by atoms with E-state index in [0.717, 1.165) is 0 Å². The van der Waals surface area contributed by atoms with Crippen LogP contribution in [0.1, 0.15) is 17.3 Å². The minimum atomic E-state index is -0.638. The predicted molar refractivity (Wildman–Crippen MR) is 69.3 cm³/mol. The number of benzene rings is 1. The number of carbonyl (C=O) groups is 3. The summed E-state index contributed by atoms with van der Waals surface area (Å²) in [5.74, 6) is -1.49. The molecule has 0 radical (unpaired) electrons. The topological polar surface area (TPSA) is 119 Å². The van der Waals surface area contributed by atoms with Crippen LogP contribution in [0.3, 0.4) is 0 Å². The summed E-state index contributed by atoms with van der Waals surface area (Å²) in [6.45, 7) is 1.60. The molecule has 3 amide bonds. The predicted octanol–water partition coefficient (Wildman–Crippen LogP) is -0.781. The number of piperazine rings is 1. The van der Waals surface area contributed by atoms with Gasteiger partial charge in [0.1, 0.15) is 6.04 Å². The molecule has 0 saturated carbocycles. The van der Waals surface area contributed by atoms with Gasteiger partial charge in [-0.3, -0.25) is 19.7 Å². The van der Waals surface area contributed by atoms with E-state index in [1.807, 2.05) is 0 Å². The lowest BCUT2D eigenvalue weighted by Crippen LogP contribution is -2.57. The lowest BCUT2D eigenvalue weighted by molar-refractivity contribution is -0.132. The third kappa shape index (κ3) is 2.35. The molecule has 1 unspecified atom stereocenters. The molecule has 0 aromatic heterocycles. The monoisotopic (exact) mass is 262 g/mol. The first-order chi connectivity index (χ1) is 8.90. The van der Waals surface area contributed by atoms with Gasteiger partial charge in [0.25, 0.3) is 5.91 Å². The number of rotatable bonds is 2. The van der Waals surface area contributed by atoms with Crippen LogP contribution in [0.15, 0.2) is 18.2 Å².